The van der Waals surface area contributed by atoms with E-state index in [0.717, 1.165) is 0 Å². The normalized spacial score (nSPS) is 17.2. The molecule has 0 aliphatic rings. The first-order valence-corrected chi connectivity index (χ1v) is 4.63. The Labute approximate surface area is 79.7 Å². The van der Waals surface area contributed by atoms with Crippen LogP contribution in [-0.2, 0) is 9.47 Å². The van der Waals surface area contributed by atoms with Gasteiger partial charge in [0.1, 0.15) is 0 Å². The molecule has 78 valence electrons. The molecule has 0 aromatic carbocycles. The van der Waals surface area contributed by atoms with Gasteiger partial charge in [-0.05, 0) is 26.8 Å². The monoisotopic (exact) mass is 190 g/mol. The highest BCUT2D eigenvalue weighted by atomic mass is 19.1. The molecule has 0 spiro atoms. The summed E-state index contributed by atoms with van der Waals surface area (Å²) in [7, 11) is 0. The van der Waals surface area contributed by atoms with Crippen molar-refractivity contribution in [2.45, 2.75) is 34.0 Å². The maximum Gasteiger partial charge on any atom is 0.154 e. The van der Waals surface area contributed by atoms with Crippen molar-refractivity contribution in [2.24, 2.45) is 5.92 Å². The van der Waals surface area contributed by atoms with E-state index in [1.165, 1.54) is 6.92 Å². The van der Waals surface area contributed by atoms with Crippen molar-refractivity contribution in [3.63, 3.8) is 0 Å². The fraction of sp³-hybridized carbons (Fsp3) is 0.800. The summed E-state index contributed by atoms with van der Waals surface area (Å²) in [4.78, 5) is 0. The second-order valence-corrected chi connectivity index (χ2v) is 3.09. The number of rotatable bonds is 6. The summed E-state index contributed by atoms with van der Waals surface area (Å²) in [6.45, 7) is 8.21. The van der Waals surface area contributed by atoms with Crippen molar-refractivity contribution in [3.8, 4) is 0 Å². The zero-order valence-electron chi connectivity index (χ0n) is 8.84. The minimum atomic E-state index is -0.208. The highest BCUT2D eigenvalue weighted by molar-refractivity contribution is 4.90. The molecule has 3 heteroatoms. The Hall–Kier alpha value is -0.410. The molecule has 0 saturated heterocycles. The van der Waals surface area contributed by atoms with E-state index in [-0.39, 0.29) is 18.0 Å². The van der Waals surface area contributed by atoms with Crippen LogP contribution in [0.4, 0.5) is 4.39 Å². The molecule has 0 rings (SSSR count). The number of allylic oxidation sites excluding steroid dienone is 1. The molecule has 0 radical (unpaired) electrons. The van der Waals surface area contributed by atoms with E-state index >= 15 is 0 Å². The van der Waals surface area contributed by atoms with Gasteiger partial charge in [-0.1, -0.05) is 6.92 Å². The molecule has 2 atom stereocenters. The number of halogens is 1. The molecular formula is C10H19FO2. The molecule has 0 bridgehead atoms. The zero-order chi connectivity index (χ0) is 10.3. The third-order valence-corrected chi connectivity index (χ3v) is 1.51. The van der Waals surface area contributed by atoms with Crippen LogP contribution in [0.15, 0.2) is 11.9 Å². The second kappa shape index (κ2) is 7.04. The van der Waals surface area contributed by atoms with Gasteiger partial charge < -0.3 is 9.47 Å². The van der Waals surface area contributed by atoms with Gasteiger partial charge in [-0.2, -0.15) is 0 Å². The summed E-state index contributed by atoms with van der Waals surface area (Å²) in [6, 6.07) is 0. The van der Waals surface area contributed by atoms with Crippen LogP contribution in [-0.4, -0.2) is 19.5 Å². The zero-order valence-corrected chi connectivity index (χ0v) is 8.84. The predicted octanol–water partition coefficient (Wildman–Crippen LogP) is 2.89. The average molecular weight is 190 g/mol. The maximum absolute atomic E-state index is 12.4. The quantitative estimate of drug-likeness (QED) is 0.599. The molecule has 0 aliphatic heterocycles. The van der Waals surface area contributed by atoms with Crippen LogP contribution in [0, 0.1) is 5.92 Å². The van der Waals surface area contributed by atoms with Gasteiger partial charge in [0.25, 0.3) is 0 Å². The molecule has 0 fully saturated rings. The fourth-order valence-electron chi connectivity index (χ4n) is 1.01. The van der Waals surface area contributed by atoms with Gasteiger partial charge in [-0.3, -0.25) is 0 Å². The van der Waals surface area contributed by atoms with Crippen LogP contribution >= 0.6 is 0 Å². The average Bonchev–Trinajstić information content (AvgIpc) is 2.00. The molecule has 0 N–H and O–H groups in total. The van der Waals surface area contributed by atoms with E-state index in [0.29, 0.717) is 13.2 Å². The summed E-state index contributed by atoms with van der Waals surface area (Å²) in [5, 5.41) is 0. The predicted molar refractivity (Wildman–Crippen MR) is 51.1 cm³/mol. The van der Waals surface area contributed by atoms with Crippen LogP contribution < -0.4 is 0 Å². The fourth-order valence-corrected chi connectivity index (χ4v) is 1.01. The molecule has 0 aromatic heterocycles. The number of hydrogen-bond donors (Lipinski definition) is 0. The van der Waals surface area contributed by atoms with Crippen molar-refractivity contribution >= 4 is 0 Å². The van der Waals surface area contributed by atoms with Crippen LogP contribution in [0.25, 0.3) is 0 Å². The van der Waals surface area contributed by atoms with E-state index < -0.39 is 0 Å². The lowest BCUT2D eigenvalue weighted by Gasteiger charge is -2.14. The largest absolute Gasteiger partial charge is 0.353 e. The van der Waals surface area contributed by atoms with Crippen molar-refractivity contribution in [2.75, 3.05) is 13.2 Å². The minimum Gasteiger partial charge on any atom is -0.353 e. The van der Waals surface area contributed by atoms with Gasteiger partial charge in [-0.15, -0.1) is 0 Å². The third kappa shape index (κ3) is 7.94. The number of hydrogen-bond acceptors (Lipinski definition) is 2. The van der Waals surface area contributed by atoms with Gasteiger partial charge in [0.15, 0.2) is 6.29 Å². The SMILES string of the molecule is CCOC(C)OC[C@H](C)/C=C(/C)F. The second-order valence-electron chi connectivity index (χ2n) is 3.09. The lowest BCUT2D eigenvalue weighted by molar-refractivity contribution is -0.131. The molecule has 2 nitrogen and oxygen atoms in total. The van der Waals surface area contributed by atoms with E-state index in [1.807, 2.05) is 20.8 Å². The third-order valence-electron chi connectivity index (χ3n) is 1.51. The van der Waals surface area contributed by atoms with Crippen LogP contribution in [0.3, 0.4) is 0 Å². The Morgan fingerprint density at radius 1 is 1.38 bits per heavy atom. The van der Waals surface area contributed by atoms with Crippen LogP contribution in [0.1, 0.15) is 27.7 Å². The maximum atomic E-state index is 12.4. The molecule has 0 aromatic rings. The van der Waals surface area contributed by atoms with E-state index in [2.05, 4.69) is 0 Å². The van der Waals surface area contributed by atoms with Gasteiger partial charge in [-0.25, -0.2) is 4.39 Å². The van der Waals surface area contributed by atoms with Crippen molar-refractivity contribution < 1.29 is 13.9 Å². The highest BCUT2D eigenvalue weighted by Crippen LogP contribution is 2.06. The highest BCUT2D eigenvalue weighted by Gasteiger charge is 2.04. The van der Waals surface area contributed by atoms with Gasteiger partial charge in [0.05, 0.1) is 12.4 Å². The number of ether oxygens (including phenoxy) is 2. The summed E-state index contributed by atoms with van der Waals surface area (Å²) in [6.07, 6.45) is 1.33. The lowest BCUT2D eigenvalue weighted by Crippen LogP contribution is -2.16. The summed E-state index contributed by atoms with van der Waals surface area (Å²) in [5.74, 6) is -0.0759. The first-order chi connectivity index (χ1) is 6.06. The molecule has 0 heterocycles. The summed E-state index contributed by atoms with van der Waals surface area (Å²) in [5.41, 5.74) is 0. The smallest absolute Gasteiger partial charge is 0.154 e. The Morgan fingerprint density at radius 2 is 2.00 bits per heavy atom. The lowest BCUT2D eigenvalue weighted by atomic mass is 10.2. The van der Waals surface area contributed by atoms with Crippen LogP contribution in [0.5, 0.6) is 0 Å². The Balaban J connectivity index is 3.57. The van der Waals surface area contributed by atoms with Gasteiger partial charge in [0, 0.05) is 12.5 Å². The first kappa shape index (κ1) is 12.6. The van der Waals surface area contributed by atoms with Crippen molar-refractivity contribution in [1.29, 1.82) is 0 Å². The summed E-state index contributed by atoms with van der Waals surface area (Å²) >= 11 is 0. The molecule has 1 unspecified atom stereocenters. The molecular weight excluding hydrogens is 171 g/mol. The van der Waals surface area contributed by atoms with Gasteiger partial charge >= 0.3 is 0 Å². The molecule has 0 saturated carbocycles. The first-order valence-electron chi connectivity index (χ1n) is 4.63. The molecule has 0 aliphatic carbocycles. The minimum absolute atomic E-state index is 0.0907. The van der Waals surface area contributed by atoms with Gasteiger partial charge in [0.2, 0.25) is 0 Å². The Morgan fingerprint density at radius 3 is 2.46 bits per heavy atom. The Kier molecular flexibility index (Phi) is 6.82. The van der Waals surface area contributed by atoms with Crippen molar-refractivity contribution in [1.82, 2.24) is 0 Å². The van der Waals surface area contributed by atoms with E-state index in [4.69, 9.17) is 9.47 Å². The topological polar surface area (TPSA) is 18.5 Å². The van der Waals surface area contributed by atoms with Crippen molar-refractivity contribution in [3.05, 3.63) is 11.9 Å². The van der Waals surface area contributed by atoms with E-state index in [9.17, 15) is 4.39 Å². The van der Waals surface area contributed by atoms with E-state index in [1.54, 1.807) is 6.08 Å². The Bertz CT molecular complexity index is 153. The molecule has 0 amide bonds. The van der Waals surface area contributed by atoms with Crippen LogP contribution in [0.2, 0.25) is 0 Å². The standard InChI is InChI=1S/C10H19FO2/c1-5-12-10(4)13-7-8(2)6-9(3)11/h6,8,10H,5,7H2,1-4H3/b9-6-/t8-,10?/m1/s1. The molecule has 13 heavy (non-hydrogen) atoms. The summed E-state index contributed by atoms with van der Waals surface area (Å²) < 4.78 is 22.9.